The van der Waals surface area contributed by atoms with Crippen molar-refractivity contribution < 1.29 is 9.90 Å². The van der Waals surface area contributed by atoms with Gasteiger partial charge in [-0.25, -0.2) is 0 Å². The Kier molecular flexibility index (Phi) is 4.91. The molecule has 1 rings (SSSR count). The normalized spacial score (nSPS) is 12.3. The molecule has 18 heavy (non-hydrogen) atoms. The van der Waals surface area contributed by atoms with Crippen LogP contribution in [0.15, 0.2) is 6.07 Å². The van der Waals surface area contributed by atoms with Gasteiger partial charge in [-0.3, -0.25) is 4.79 Å². The van der Waals surface area contributed by atoms with Crippen LogP contribution in [-0.2, 0) is 4.79 Å². The Morgan fingerprint density at radius 3 is 2.17 bits per heavy atom. The molecule has 3 heteroatoms. The summed E-state index contributed by atoms with van der Waals surface area (Å²) in [4.78, 5) is 11.2. The van der Waals surface area contributed by atoms with E-state index in [-0.39, 0.29) is 5.91 Å². The van der Waals surface area contributed by atoms with Crippen LogP contribution >= 0.6 is 0 Å². The Morgan fingerprint density at radius 2 is 1.72 bits per heavy atom. The summed E-state index contributed by atoms with van der Waals surface area (Å²) in [5.74, 6) is -0.0336. The highest BCUT2D eigenvalue weighted by Crippen LogP contribution is 2.29. The number of hydrogen-bond acceptors (Lipinski definition) is 2. The van der Waals surface area contributed by atoms with Crippen molar-refractivity contribution in [2.45, 2.75) is 46.6 Å². The van der Waals surface area contributed by atoms with E-state index in [1.54, 1.807) is 7.05 Å². The molecule has 1 atom stereocenters. The van der Waals surface area contributed by atoms with E-state index in [0.29, 0.717) is 12.8 Å². The predicted molar refractivity (Wildman–Crippen MR) is 73.7 cm³/mol. The van der Waals surface area contributed by atoms with E-state index in [2.05, 4.69) is 25.2 Å². The van der Waals surface area contributed by atoms with Crippen LogP contribution in [0.5, 0.6) is 0 Å². The van der Waals surface area contributed by atoms with Gasteiger partial charge in [0.15, 0.2) is 0 Å². The average Bonchev–Trinajstić information content (AvgIpc) is 2.33. The molecule has 0 bridgehead atoms. The lowest BCUT2D eigenvalue weighted by molar-refractivity contribution is -0.121. The fraction of sp³-hybridized carbons (Fsp3) is 0.533. The van der Waals surface area contributed by atoms with Crippen LogP contribution < -0.4 is 5.32 Å². The summed E-state index contributed by atoms with van der Waals surface area (Å²) < 4.78 is 0. The Labute approximate surface area is 109 Å². The topological polar surface area (TPSA) is 49.3 Å². The maximum atomic E-state index is 11.2. The van der Waals surface area contributed by atoms with Gasteiger partial charge in [0.05, 0.1) is 6.10 Å². The second kappa shape index (κ2) is 6.01. The van der Waals surface area contributed by atoms with Gasteiger partial charge in [-0.15, -0.1) is 0 Å². The van der Waals surface area contributed by atoms with E-state index >= 15 is 0 Å². The van der Waals surface area contributed by atoms with Crippen LogP contribution in [-0.4, -0.2) is 18.1 Å². The molecule has 1 unspecified atom stereocenters. The van der Waals surface area contributed by atoms with Crippen molar-refractivity contribution in [1.82, 2.24) is 5.32 Å². The van der Waals surface area contributed by atoms with Gasteiger partial charge in [0.1, 0.15) is 0 Å². The van der Waals surface area contributed by atoms with Gasteiger partial charge in [0, 0.05) is 13.5 Å². The molecule has 0 spiro atoms. The largest absolute Gasteiger partial charge is 0.388 e. The van der Waals surface area contributed by atoms with Crippen molar-refractivity contribution in [2.75, 3.05) is 7.05 Å². The fourth-order valence-corrected chi connectivity index (χ4v) is 2.28. The van der Waals surface area contributed by atoms with E-state index in [1.165, 1.54) is 11.1 Å². The summed E-state index contributed by atoms with van der Waals surface area (Å²) >= 11 is 0. The third kappa shape index (κ3) is 3.10. The van der Waals surface area contributed by atoms with E-state index in [0.717, 1.165) is 16.7 Å². The van der Waals surface area contributed by atoms with Gasteiger partial charge in [-0.1, -0.05) is 6.07 Å². The summed E-state index contributed by atoms with van der Waals surface area (Å²) in [6.07, 6.45) is 0.245. The van der Waals surface area contributed by atoms with Crippen molar-refractivity contribution in [3.8, 4) is 0 Å². The van der Waals surface area contributed by atoms with Crippen LogP contribution in [0.3, 0.4) is 0 Å². The molecule has 1 amide bonds. The molecule has 0 saturated carbocycles. The molecule has 0 aliphatic rings. The van der Waals surface area contributed by atoms with Crippen molar-refractivity contribution in [3.63, 3.8) is 0 Å². The Hall–Kier alpha value is -1.35. The van der Waals surface area contributed by atoms with Crippen molar-refractivity contribution in [2.24, 2.45) is 0 Å². The molecule has 0 heterocycles. The van der Waals surface area contributed by atoms with Crippen molar-refractivity contribution in [3.05, 3.63) is 33.9 Å². The molecule has 0 aliphatic heterocycles. The number of aryl methyl sites for hydroxylation is 2. The van der Waals surface area contributed by atoms with Gasteiger partial charge in [-0.2, -0.15) is 0 Å². The lowest BCUT2D eigenvalue weighted by Crippen LogP contribution is -2.18. The highest BCUT2D eigenvalue weighted by Gasteiger charge is 2.17. The van der Waals surface area contributed by atoms with E-state index < -0.39 is 6.10 Å². The first kappa shape index (κ1) is 14.7. The summed E-state index contributed by atoms with van der Waals surface area (Å²) in [7, 11) is 1.61. The first-order valence-electron chi connectivity index (χ1n) is 6.34. The maximum Gasteiger partial charge on any atom is 0.219 e. The molecule has 1 aromatic carbocycles. The first-order chi connectivity index (χ1) is 8.38. The highest BCUT2D eigenvalue weighted by molar-refractivity contribution is 5.75. The lowest BCUT2D eigenvalue weighted by atomic mass is 9.89. The molecule has 0 fully saturated rings. The van der Waals surface area contributed by atoms with Crippen LogP contribution in [0, 0.1) is 27.7 Å². The molecular formula is C15H23NO2. The monoisotopic (exact) mass is 249 g/mol. The van der Waals surface area contributed by atoms with Crippen LogP contribution in [0.1, 0.15) is 46.8 Å². The number of aliphatic hydroxyl groups is 1. The summed E-state index contributed by atoms with van der Waals surface area (Å²) in [6, 6.07) is 2.14. The van der Waals surface area contributed by atoms with Crippen molar-refractivity contribution >= 4 is 5.91 Å². The molecule has 0 aliphatic carbocycles. The number of hydrogen-bond donors (Lipinski definition) is 2. The number of aliphatic hydroxyl groups excluding tert-OH is 1. The fourth-order valence-electron chi connectivity index (χ4n) is 2.28. The molecule has 1 aromatic rings. The third-order valence-corrected chi connectivity index (χ3v) is 3.68. The number of nitrogens with one attached hydrogen (secondary N) is 1. The second-order valence-electron chi connectivity index (χ2n) is 4.90. The molecule has 0 aromatic heterocycles. The molecular weight excluding hydrogens is 226 g/mol. The lowest BCUT2D eigenvalue weighted by Gasteiger charge is -2.20. The zero-order valence-corrected chi connectivity index (χ0v) is 11.9. The summed E-state index contributed by atoms with van der Waals surface area (Å²) in [6.45, 7) is 8.16. The minimum Gasteiger partial charge on any atom is -0.388 e. The van der Waals surface area contributed by atoms with Crippen molar-refractivity contribution in [1.29, 1.82) is 0 Å². The maximum absolute atomic E-state index is 11.2. The zero-order chi connectivity index (χ0) is 13.9. The number of amides is 1. The van der Waals surface area contributed by atoms with Gasteiger partial charge < -0.3 is 10.4 Å². The number of rotatable bonds is 4. The van der Waals surface area contributed by atoms with E-state index in [4.69, 9.17) is 0 Å². The van der Waals surface area contributed by atoms with Crippen LogP contribution in [0.2, 0.25) is 0 Å². The zero-order valence-electron chi connectivity index (χ0n) is 11.9. The summed E-state index contributed by atoms with van der Waals surface area (Å²) in [5, 5.41) is 12.9. The van der Waals surface area contributed by atoms with E-state index in [9.17, 15) is 9.90 Å². The number of carbonyl (C=O) groups is 1. The Morgan fingerprint density at radius 1 is 1.22 bits per heavy atom. The minimum absolute atomic E-state index is 0.0336. The van der Waals surface area contributed by atoms with Crippen LogP contribution in [0.25, 0.3) is 0 Å². The summed E-state index contributed by atoms with van der Waals surface area (Å²) in [5.41, 5.74) is 5.61. The Balaban J connectivity index is 2.98. The van der Waals surface area contributed by atoms with E-state index in [1.807, 2.05) is 13.8 Å². The first-order valence-corrected chi connectivity index (χ1v) is 6.34. The quantitative estimate of drug-likeness (QED) is 0.861. The SMILES string of the molecule is CNC(=O)CCC(O)c1c(C)c(C)cc(C)c1C. The highest BCUT2D eigenvalue weighted by atomic mass is 16.3. The van der Waals surface area contributed by atoms with Gasteiger partial charge in [-0.05, 0) is 61.9 Å². The minimum atomic E-state index is -0.569. The molecule has 2 N–H and O–H groups in total. The van der Waals surface area contributed by atoms with Crippen LogP contribution in [0.4, 0.5) is 0 Å². The van der Waals surface area contributed by atoms with Gasteiger partial charge >= 0.3 is 0 Å². The average molecular weight is 249 g/mol. The van der Waals surface area contributed by atoms with Gasteiger partial charge in [0.25, 0.3) is 0 Å². The van der Waals surface area contributed by atoms with Gasteiger partial charge in [0.2, 0.25) is 5.91 Å². The molecule has 100 valence electrons. The smallest absolute Gasteiger partial charge is 0.219 e. The third-order valence-electron chi connectivity index (χ3n) is 3.68. The standard InChI is InChI=1S/C15H23NO2/c1-9-8-10(2)12(4)15(11(9)3)13(17)6-7-14(18)16-5/h8,13,17H,6-7H2,1-5H3,(H,16,18). The Bertz CT molecular complexity index is 426. The predicted octanol–water partition coefficient (Wildman–Crippen LogP) is 2.48. The molecule has 0 saturated heterocycles. The number of carbonyl (C=O) groups excluding carboxylic acids is 1. The molecule has 3 nitrogen and oxygen atoms in total. The molecule has 0 radical (unpaired) electrons. The number of benzene rings is 1. The second-order valence-corrected chi connectivity index (χ2v) is 4.90.